The molecule has 4 aromatic rings. The van der Waals surface area contributed by atoms with Gasteiger partial charge in [-0.05, 0) is 57.0 Å². The zero-order valence-corrected chi connectivity index (χ0v) is 23.1. The Bertz CT molecular complexity index is 1470. The lowest BCUT2D eigenvalue weighted by atomic mass is 9.96. The predicted molar refractivity (Wildman–Crippen MR) is 144 cm³/mol. The molecule has 0 bridgehead atoms. The molecule has 1 fully saturated rings. The maximum absolute atomic E-state index is 13.8. The molecule has 1 aliphatic rings. The molecule has 190 valence electrons. The highest BCUT2D eigenvalue weighted by Crippen LogP contribution is 2.33. The summed E-state index contributed by atoms with van der Waals surface area (Å²) >= 11 is 8.50. The highest BCUT2D eigenvalue weighted by Gasteiger charge is 2.35. The van der Waals surface area contributed by atoms with Crippen LogP contribution in [0.2, 0.25) is 4.34 Å². The number of carbonyl (C=O) groups is 1. The summed E-state index contributed by atoms with van der Waals surface area (Å²) in [5.41, 5.74) is 2.83. The van der Waals surface area contributed by atoms with E-state index in [1.807, 2.05) is 48.9 Å². The summed E-state index contributed by atoms with van der Waals surface area (Å²) in [7, 11) is -3.61. The van der Waals surface area contributed by atoms with Crippen LogP contribution in [-0.2, 0) is 21.4 Å². The number of thiophene rings is 1. The predicted octanol–water partition coefficient (Wildman–Crippen LogP) is 4.96. The van der Waals surface area contributed by atoms with Crippen molar-refractivity contribution in [2.45, 2.75) is 37.4 Å². The van der Waals surface area contributed by atoms with Crippen molar-refractivity contribution in [3.8, 4) is 0 Å². The first-order chi connectivity index (χ1) is 17.2. The second-order valence-electron chi connectivity index (χ2n) is 8.84. The van der Waals surface area contributed by atoms with Crippen molar-refractivity contribution >= 4 is 65.6 Å². The molecule has 1 aromatic carbocycles. The number of hydrogen-bond donors (Lipinski definition) is 0. The molecule has 0 aliphatic carbocycles. The molecule has 0 radical (unpaired) electrons. The number of sulfonamides is 1. The van der Waals surface area contributed by atoms with Gasteiger partial charge in [-0.3, -0.25) is 14.4 Å². The van der Waals surface area contributed by atoms with E-state index in [1.54, 1.807) is 11.0 Å². The van der Waals surface area contributed by atoms with Crippen LogP contribution in [0.3, 0.4) is 0 Å². The minimum atomic E-state index is -3.61. The standard InChI is InChI=1S/C24H26ClN5O3S3/c1-16-15-17(2)30(27-16)14-13-29(24-26-19-5-3-4-6-20(19)34-24)23(31)18-9-11-28(12-10-18)36(32,33)22-8-7-21(25)35-22/h3-8,15,18H,9-14H2,1-2H3. The number of piperidine rings is 1. The molecule has 0 unspecified atom stereocenters. The Morgan fingerprint density at radius 1 is 1.14 bits per heavy atom. The zero-order valence-electron chi connectivity index (χ0n) is 19.9. The van der Waals surface area contributed by atoms with Crippen LogP contribution in [0.5, 0.6) is 0 Å². The summed E-state index contributed by atoms with van der Waals surface area (Å²) in [6.45, 7) is 5.52. The highest BCUT2D eigenvalue weighted by atomic mass is 35.5. The number of hydrogen-bond acceptors (Lipinski definition) is 7. The van der Waals surface area contributed by atoms with Crippen LogP contribution in [-0.4, -0.2) is 53.0 Å². The zero-order chi connectivity index (χ0) is 25.4. The fraction of sp³-hybridized carbons (Fsp3) is 0.375. The second kappa shape index (κ2) is 10.2. The van der Waals surface area contributed by atoms with Gasteiger partial charge in [-0.25, -0.2) is 13.4 Å². The van der Waals surface area contributed by atoms with Crippen LogP contribution in [0.15, 0.2) is 46.7 Å². The average molecular weight is 564 g/mol. The molecule has 36 heavy (non-hydrogen) atoms. The minimum Gasteiger partial charge on any atom is -0.286 e. The molecule has 5 rings (SSSR count). The van der Waals surface area contributed by atoms with Crippen molar-refractivity contribution in [3.05, 3.63) is 58.2 Å². The van der Waals surface area contributed by atoms with Crippen molar-refractivity contribution in [2.24, 2.45) is 5.92 Å². The van der Waals surface area contributed by atoms with Gasteiger partial charge in [-0.1, -0.05) is 35.1 Å². The van der Waals surface area contributed by atoms with Crippen LogP contribution < -0.4 is 4.90 Å². The number of halogens is 1. The number of para-hydroxylation sites is 1. The number of rotatable bonds is 7. The van der Waals surface area contributed by atoms with E-state index in [2.05, 4.69) is 5.10 Å². The largest absolute Gasteiger partial charge is 0.286 e. The Labute approximate surface area is 223 Å². The first-order valence-corrected chi connectivity index (χ1v) is 15.1. The SMILES string of the molecule is Cc1cc(C)n(CCN(C(=O)C2CCN(S(=O)(=O)c3ccc(Cl)s3)CC2)c2nc3ccccc3s2)n1. The lowest BCUT2D eigenvalue weighted by molar-refractivity contribution is -0.123. The van der Waals surface area contributed by atoms with Crippen molar-refractivity contribution < 1.29 is 13.2 Å². The Morgan fingerprint density at radius 3 is 2.53 bits per heavy atom. The van der Waals surface area contributed by atoms with Gasteiger partial charge in [0.2, 0.25) is 5.91 Å². The average Bonchev–Trinajstić information content (AvgIpc) is 3.57. The van der Waals surface area contributed by atoms with Crippen LogP contribution in [0.25, 0.3) is 10.2 Å². The first-order valence-electron chi connectivity index (χ1n) is 11.7. The number of benzene rings is 1. The third-order valence-corrected chi connectivity index (χ3v) is 11.0. The summed E-state index contributed by atoms with van der Waals surface area (Å²) in [5.74, 6) is -0.303. The molecule has 12 heteroatoms. The molecule has 1 amide bonds. The van der Waals surface area contributed by atoms with Gasteiger partial charge in [0.25, 0.3) is 10.0 Å². The monoisotopic (exact) mass is 563 g/mol. The Balaban J connectivity index is 1.34. The fourth-order valence-electron chi connectivity index (χ4n) is 4.50. The molecule has 8 nitrogen and oxygen atoms in total. The van der Waals surface area contributed by atoms with Crippen LogP contribution in [0.1, 0.15) is 24.2 Å². The Morgan fingerprint density at radius 2 is 1.89 bits per heavy atom. The minimum absolute atomic E-state index is 0.0215. The van der Waals surface area contributed by atoms with E-state index in [4.69, 9.17) is 16.6 Å². The molecule has 0 spiro atoms. The number of amides is 1. The third kappa shape index (κ3) is 5.08. The van der Waals surface area contributed by atoms with E-state index in [0.29, 0.717) is 48.5 Å². The van der Waals surface area contributed by atoms with E-state index >= 15 is 0 Å². The van der Waals surface area contributed by atoms with E-state index in [9.17, 15) is 13.2 Å². The van der Waals surface area contributed by atoms with Gasteiger partial charge >= 0.3 is 0 Å². The molecule has 4 heterocycles. The van der Waals surface area contributed by atoms with Crippen LogP contribution in [0, 0.1) is 19.8 Å². The number of anilines is 1. The van der Waals surface area contributed by atoms with Gasteiger partial charge in [0.05, 0.1) is 26.8 Å². The molecule has 1 aliphatic heterocycles. The highest BCUT2D eigenvalue weighted by molar-refractivity contribution is 7.91. The van der Waals surface area contributed by atoms with Gasteiger partial charge in [-0.15, -0.1) is 11.3 Å². The van der Waals surface area contributed by atoms with Gasteiger partial charge in [0.1, 0.15) is 4.21 Å². The first kappa shape index (κ1) is 25.3. The Kier molecular flexibility index (Phi) is 7.19. The van der Waals surface area contributed by atoms with Gasteiger partial charge < -0.3 is 0 Å². The number of aromatic nitrogens is 3. The number of aryl methyl sites for hydroxylation is 2. The summed E-state index contributed by atoms with van der Waals surface area (Å²) < 4.78 is 31.0. The molecular weight excluding hydrogens is 538 g/mol. The fourth-order valence-corrected chi connectivity index (χ4v) is 8.60. The smallest absolute Gasteiger partial charge is 0.252 e. The second-order valence-corrected chi connectivity index (χ2v) is 13.7. The summed E-state index contributed by atoms with van der Waals surface area (Å²) in [6, 6.07) is 13.0. The maximum atomic E-state index is 13.8. The lowest BCUT2D eigenvalue weighted by Crippen LogP contribution is -2.45. The summed E-state index contributed by atoms with van der Waals surface area (Å²) in [6.07, 6.45) is 0.914. The van der Waals surface area contributed by atoms with Gasteiger partial charge in [0, 0.05) is 31.2 Å². The summed E-state index contributed by atoms with van der Waals surface area (Å²) in [5, 5.41) is 5.20. The van der Waals surface area contributed by atoms with Crippen molar-refractivity contribution in [1.82, 2.24) is 19.1 Å². The molecular formula is C24H26ClN5O3S3. The number of nitrogens with zero attached hydrogens (tertiary/aromatic N) is 5. The van der Waals surface area contributed by atoms with Crippen molar-refractivity contribution in [3.63, 3.8) is 0 Å². The van der Waals surface area contributed by atoms with Gasteiger partial charge in [-0.2, -0.15) is 9.40 Å². The topological polar surface area (TPSA) is 88.4 Å². The molecule has 0 saturated carbocycles. The van der Waals surface area contributed by atoms with E-state index < -0.39 is 10.0 Å². The molecule has 1 saturated heterocycles. The van der Waals surface area contributed by atoms with E-state index in [-0.39, 0.29) is 16.0 Å². The van der Waals surface area contributed by atoms with Crippen molar-refractivity contribution in [1.29, 1.82) is 0 Å². The molecule has 0 N–H and O–H groups in total. The third-order valence-electron chi connectivity index (χ3n) is 6.36. The van der Waals surface area contributed by atoms with Crippen LogP contribution >= 0.6 is 34.3 Å². The number of fused-ring (bicyclic) bond motifs is 1. The van der Waals surface area contributed by atoms with E-state index in [1.165, 1.54) is 21.7 Å². The number of thiazole rings is 1. The van der Waals surface area contributed by atoms with Crippen LogP contribution in [0.4, 0.5) is 5.13 Å². The normalized spacial score (nSPS) is 15.5. The quantitative estimate of drug-likeness (QED) is 0.317. The van der Waals surface area contributed by atoms with Crippen molar-refractivity contribution in [2.75, 3.05) is 24.5 Å². The maximum Gasteiger partial charge on any atom is 0.252 e. The lowest BCUT2D eigenvalue weighted by Gasteiger charge is -2.32. The molecule has 3 aromatic heterocycles. The number of carbonyl (C=O) groups excluding carboxylic acids is 1. The molecule has 0 atom stereocenters. The Hall–Kier alpha value is -2.31. The van der Waals surface area contributed by atoms with Gasteiger partial charge in [0.15, 0.2) is 5.13 Å². The summed E-state index contributed by atoms with van der Waals surface area (Å²) in [4.78, 5) is 20.3. The van der Waals surface area contributed by atoms with E-state index in [0.717, 1.165) is 32.9 Å².